The monoisotopic (exact) mass is 380 g/mol. The van der Waals surface area contributed by atoms with Gasteiger partial charge in [-0.15, -0.1) is 0 Å². The summed E-state index contributed by atoms with van der Waals surface area (Å²) >= 11 is 0. The number of nitrogens with zero attached hydrogens (tertiary/aromatic N) is 1. The zero-order chi connectivity index (χ0) is 20.0. The lowest BCUT2D eigenvalue weighted by atomic mass is 9.79. The molecule has 0 atom stereocenters. The second-order valence-corrected chi connectivity index (χ2v) is 7.01. The SMILES string of the molecule is C=C(CNc1cnc(OC)c(/C=C/[C@H]2CC[C@H](C(C)(F)F)CC2)c1)C(=O)O. The van der Waals surface area contributed by atoms with Crippen molar-refractivity contribution < 1.29 is 23.4 Å². The number of anilines is 1. The molecule has 0 aliphatic heterocycles. The number of ether oxygens (including phenoxy) is 1. The number of hydrogen-bond acceptors (Lipinski definition) is 4. The molecule has 1 aromatic heterocycles. The number of halogens is 2. The van der Waals surface area contributed by atoms with E-state index < -0.39 is 17.8 Å². The molecule has 148 valence electrons. The molecule has 5 nitrogen and oxygen atoms in total. The molecule has 1 saturated carbocycles. The molecule has 0 bridgehead atoms. The normalized spacial score (nSPS) is 20.4. The summed E-state index contributed by atoms with van der Waals surface area (Å²) < 4.78 is 32.1. The third kappa shape index (κ3) is 6.05. The Kier molecular flexibility index (Phi) is 6.93. The summed E-state index contributed by atoms with van der Waals surface area (Å²) in [5.74, 6) is -3.51. The smallest absolute Gasteiger partial charge is 0.332 e. The molecule has 1 heterocycles. The summed E-state index contributed by atoms with van der Waals surface area (Å²) in [4.78, 5) is 15.0. The average Bonchev–Trinajstić information content (AvgIpc) is 2.63. The maximum absolute atomic E-state index is 13.4. The maximum Gasteiger partial charge on any atom is 0.332 e. The van der Waals surface area contributed by atoms with Crippen LogP contribution >= 0.6 is 0 Å². The van der Waals surface area contributed by atoms with Crippen LogP contribution in [0.5, 0.6) is 5.88 Å². The van der Waals surface area contributed by atoms with Gasteiger partial charge in [0, 0.05) is 23.6 Å². The fourth-order valence-electron chi connectivity index (χ4n) is 3.20. The second kappa shape index (κ2) is 8.97. The van der Waals surface area contributed by atoms with Gasteiger partial charge >= 0.3 is 5.97 Å². The lowest BCUT2D eigenvalue weighted by molar-refractivity contribution is -0.132. The molecule has 2 rings (SSSR count). The minimum atomic E-state index is -2.61. The quantitative estimate of drug-likeness (QED) is 0.644. The number of aliphatic carboxylic acids is 1. The molecular weight excluding hydrogens is 354 g/mol. The van der Waals surface area contributed by atoms with Crippen LogP contribution < -0.4 is 10.1 Å². The first-order valence-electron chi connectivity index (χ1n) is 8.95. The number of pyridine rings is 1. The van der Waals surface area contributed by atoms with Crippen molar-refractivity contribution in [3.05, 3.63) is 36.1 Å². The summed E-state index contributed by atoms with van der Waals surface area (Å²) in [6, 6.07) is 1.81. The van der Waals surface area contributed by atoms with E-state index in [0.29, 0.717) is 24.4 Å². The van der Waals surface area contributed by atoms with Crippen molar-refractivity contribution in [3.8, 4) is 5.88 Å². The third-order valence-electron chi connectivity index (χ3n) is 4.92. The molecule has 0 unspecified atom stereocenters. The molecular formula is C20H26F2N2O3. The van der Waals surface area contributed by atoms with Crippen LogP contribution in [0.1, 0.15) is 38.2 Å². The third-order valence-corrected chi connectivity index (χ3v) is 4.92. The first kappa shape index (κ1) is 20.9. The zero-order valence-corrected chi connectivity index (χ0v) is 15.7. The zero-order valence-electron chi connectivity index (χ0n) is 15.7. The van der Waals surface area contributed by atoms with Crippen LogP contribution in [0.3, 0.4) is 0 Å². The van der Waals surface area contributed by atoms with Gasteiger partial charge in [0.1, 0.15) is 0 Å². The number of methoxy groups -OCH3 is 1. The second-order valence-electron chi connectivity index (χ2n) is 7.01. The molecule has 0 spiro atoms. The Morgan fingerprint density at radius 1 is 1.44 bits per heavy atom. The first-order chi connectivity index (χ1) is 12.7. The Bertz CT molecular complexity index is 706. The average molecular weight is 380 g/mol. The van der Waals surface area contributed by atoms with Crippen LogP contribution in [-0.2, 0) is 4.79 Å². The molecule has 27 heavy (non-hydrogen) atoms. The molecule has 1 aliphatic carbocycles. The highest BCUT2D eigenvalue weighted by Crippen LogP contribution is 2.39. The van der Waals surface area contributed by atoms with Gasteiger partial charge in [-0.25, -0.2) is 18.6 Å². The highest BCUT2D eigenvalue weighted by atomic mass is 19.3. The molecule has 0 amide bonds. The molecule has 1 aromatic rings. The summed E-state index contributed by atoms with van der Waals surface area (Å²) in [5.41, 5.74) is 1.44. The largest absolute Gasteiger partial charge is 0.481 e. The Balaban J connectivity index is 2.02. The Morgan fingerprint density at radius 2 is 2.11 bits per heavy atom. The lowest BCUT2D eigenvalue weighted by Gasteiger charge is -2.30. The topological polar surface area (TPSA) is 71.5 Å². The number of carbonyl (C=O) groups is 1. The van der Waals surface area contributed by atoms with Gasteiger partial charge < -0.3 is 15.2 Å². The number of carboxylic acid groups (broad SMARTS) is 1. The van der Waals surface area contributed by atoms with Gasteiger partial charge in [0.25, 0.3) is 0 Å². The Labute approximate surface area is 158 Å². The fraction of sp³-hybridized carbons (Fsp3) is 0.500. The van der Waals surface area contributed by atoms with Gasteiger partial charge in [-0.3, -0.25) is 0 Å². The van der Waals surface area contributed by atoms with Crippen molar-refractivity contribution >= 4 is 17.7 Å². The number of rotatable bonds is 8. The minimum Gasteiger partial charge on any atom is -0.481 e. The number of nitrogens with one attached hydrogen (secondary N) is 1. The molecule has 0 saturated heterocycles. The summed E-state index contributed by atoms with van der Waals surface area (Å²) in [6.07, 6.45) is 7.97. The Hall–Kier alpha value is -2.44. The molecule has 2 N–H and O–H groups in total. The van der Waals surface area contributed by atoms with Crippen molar-refractivity contribution in [1.29, 1.82) is 0 Å². The number of carboxylic acids is 1. The van der Waals surface area contributed by atoms with E-state index >= 15 is 0 Å². The van der Waals surface area contributed by atoms with Crippen LogP contribution in [0.25, 0.3) is 6.08 Å². The maximum atomic E-state index is 13.4. The predicted molar refractivity (Wildman–Crippen MR) is 101 cm³/mol. The molecule has 7 heteroatoms. The van der Waals surface area contributed by atoms with E-state index in [1.54, 1.807) is 6.20 Å². The fourth-order valence-corrected chi connectivity index (χ4v) is 3.20. The van der Waals surface area contributed by atoms with E-state index in [0.717, 1.165) is 25.3 Å². The van der Waals surface area contributed by atoms with Crippen molar-refractivity contribution in [1.82, 2.24) is 4.98 Å². The van der Waals surface area contributed by atoms with Crippen molar-refractivity contribution in [2.24, 2.45) is 11.8 Å². The van der Waals surface area contributed by atoms with Gasteiger partial charge in [-0.2, -0.15) is 0 Å². The van der Waals surface area contributed by atoms with Gasteiger partial charge in [-0.05, 0) is 44.6 Å². The highest BCUT2D eigenvalue weighted by Gasteiger charge is 2.36. The van der Waals surface area contributed by atoms with E-state index in [9.17, 15) is 13.6 Å². The van der Waals surface area contributed by atoms with Gasteiger partial charge in [-0.1, -0.05) is 18.7 Å². The number of hydrogen-bond donors (Lipinski definition) is 2. The van der Waals surface area contributed by atoms with Crippen LogP contribution in [0.2, 0.25) is 0 Å². The van der Waals surface area contributed by atoms with Crippen LogP contribution in [0.15, 0.2) is 30.5 Å². The standard InChI is InChI=1S/C20H26F2N2O3/c1-13(19(25)26)11-23-17-10-15(18(27-3)24-12-17)7-4-14-5-8-16(9-6-14)20(2,21)22/h4,7,10,12,14,16,23H,1,5-6,8-9,11H2,2-3H3,(H,25,26)/b7-4+/t14-,16-. The highest BCUT2D eigenvalue weighted by molar-refractivity contribution is 5.86. The van der Waals surface area contributed by atoms with E-state index in [-0.39, 0.29) is 18.0 Å². The van der Waals surface area contributed by atoms with Gasteiger partial charge in [0.05, 0.1) is 19.0 Å². The number of allylic oxidation sites excluding steroid dienone is 1. The van der Waals surface area contributed by atoms with E-state index in [1.165, 1.54) is 7.11 Å². The Morgan fingerprint density at radius 3 is 2.67 bits per heavy atom. The predicted octanol–water partition coefficient (Wildman–Crippen LogP) is 4.62. The summed E-state index contributed by atoms with van der Waals surface area (Å²) in [7, 11) is 1.52. The minimum absolute atomic E-state index is 0.0485. The van der Waals surface area contributed by atoms with Crippen LogP contribution in [-0.4, -0.2) is 35.6 Å². The van der Waals surface area contributed by atoms with E-state index in [4.69, 9.17) is 9.84 Å². The summed E-state index contributed by atoms with van der Waals surface area (Å²) in [5, 5.41) is 11.8. The van der Waals surface area contributed by atoms with Crippen LogP contribution in [0, 0.1) is 11.8 Å². The van der Waals surface area contributed by atoms with Crippen molar-refractivity contribution in [3.63, 3.8) is 0 Å². The molecule has 0 radical (unpaired) electrons. The molecule has 0 aromatic carbocycles. The first-order valence-corrected chi connectivity index (χ1v) is 8.95. The van der Waals surface area contributed by atoms with Crippen LogP contribution in [0.4, 0.5) is 14.5 Å². The number of aromatic nitrogens is 1. The molecule has 1 aliphatic rings. The van der Waals surface area contributed by atoms with Crippen molar-refractivity contribution in [2.75, 3.05) is 19.0 Å². The lowest BCUT2D eigenvalue weighted by Crippen LogP contribution is -2.28. The van der Waals surface area contributed by atoms with E-state index in [1.807, 2.05) is 18.2 Å². The van der Waals surface area contributed by atoms with Crippen molar-refractivity contribution in [2.45, 2.75) is 38.5 Å². The van der Waals surface area contributed by atoms with Gasteiger partial charge in [0.15, 0.2) is 0 Å². The number of alkyl halides is 2. The van der Waals surface area contributed by atoms with Gasteiger partial charge in [0.2, 0.25) is 11.8 Å². The molecule has 1 fully saturated rings. The summed E-state index contributed by atoms with van der Waals surface area (Å²) in [6.45, 7) is 4.57. The van der Waals surface area contributed by atoms with E-state index in [2.05, 4.69) is 16.9 Å².